The molecule has 1 aromatic rings. The number of nitrogens with one attached hydrogen (secondary N) is 1. The van der Waals surface area contributed by atoms with Gasteiger partial charge in [-0.25, -0.2) is 4.79 Å². The molecule has 1 N–H and O–H groups in total. The SMILES string of the molecule is CC(C)C(CCC(=O)Cc1cc(C(F)(F)F)cc(C(F)(F)F)c1)NC(=O)OC(C)(C)C. The number of benzene rings is 1. The number of hydrogen-bond acceptors (Lipinski definition) is 3. The number of Topliss-reactive ketones (excluding diaryl/α,β-unsaturated/α-hetero) is 1. The molecule has 0 saturated heterocycles. The van der Waals surface area contributed by atoms with Gasteiger partial charge in [0.1, 0.15) is 11.4 Å². The molecule has 1 atom stereocenters. The topological polar surface area (TPSA) is 55.4 Å². The Balaban J connectivity index is 2.87. The standard InChI is InChI=1S/C21H27F6NO3/c1-12(2)17(28-18(30)31-19(3,4)5)7-6-16(29)10-13-8-14(20(22,23)24)11-15(9-13)21(25,26)27/h8-9,11-12,17H,6-7,10H2,1-5H3,(H,28,30). The second-order valence-electron chi connectivity index (χ2n) is 8.66. The molecule has 10 heteroatoms. The highest BCUT2D eigenvalue weighted by atomic mass is 19.4. The van der Waals surface area contributed by atoms with E-state index in [1.54, 1.807) is 34.6 Å². The van der Waals surface area contributed by atoms with Gasteiger partial charge in [-0.3, -0.25) is 4.79 Å². The van der Waals surface area contributed by atoms with Crippen molar-refractivity contribution in [3.05, 3.63) is 34.9 Å². The summed E-state index contributed by atoms with van der Waals surface area (Å²) in [6.07, 6.45) is -11.2. The fourth-order valence-electron chi connectivity index (χ4n) is 2.79. The van der Waals surface area contributed by atoms with Crippen LogP contribution in [0.1, 0.15) is 64.2 Å². The molecule has 0 bridgehead atoms. The molecule has 1 aromatic carbocycles. The van der Waals surface area contributed by atoms with Crippen molar-refractivity contribution in [3.63, 3.8) is 0 Å². The van der Waals surface area contributed by atoms with Gasteiger partial charge in [0.2, 0.25) is 0 Å². The highest BCUT2D eigenvalue weighted by molar-refractivity contribution is 5.81. The van der Waals surface area contributed by atoms with Gasteiger partial charge in [-0.15, -0.1) is 0 Å². The summed E-state index contributed by atoms with van der Waals surface area (Å²) >= 11 is 0. The number of alkyl halides is 6. The number of ether oxygens (including phenoxy) is 1. The van der Waals surface area contributed by atoms with Crippen molar-refractivity contribution in [2.24, 2.45) is 5.92 Å². The first-order valence-electron chi connectivity index (χ1n) is 9.68. The number of hydrogen-bond donors (Lipinski definition) is 1. The van der Waals surface area contributed by atoms with Crippen molar-refractivity contribution in [2.45, 2.75) is 77.9 Å². The maximum absolute atomic E-state index is 13.0. The number of alkyl carbamates (subject to hydrolysis) is 1. The number of halogens is 6. The molecule has 1 unspecified atom stereocenters. The summed E-state index contributed by atoms with van der Waals surface area (Å²) in [5, 5.41) is 2.64. The van der Waals surface area contributed by atoms with Crippen LogP contribution in [0.3, 0.4) is 0 Å². The molecule has 0 radical (unpaired) electrons. The molecule has 0 aliphatic rings. The van der Waals surface area contributed by atoms with Crippen molar-refractivity contribution in [1.29, 1.82) is 0 Å². The maximum Gasteiger partial charge on any atom is 0.416 e. The quantitative estimate of drug-likeness (QED) is 0.501. The first-order valence-corrected chi connectivity index (χ1v) is 9.68. The minimum absolute atomic E-state index is 0.0214. The number of rotatable bonds is 7. The van der Waals surface area contributed by atoms with Gasteiger partial charge in [-0.1, -0.05) is 13.8 Å². The Kier molecular flexibility index (Phi) is 8.56. The van der Waals surface area contributed by atoms with E-state index in [-0.39, 0.29) is 30.4 Å². The lowest BCUT2D eigenvalue weighted by Crippen LogP contribution is -2.42. The molecule has 4 nitrogen and oxygen atoms in total. The number of ketones is 1. The molecule has 0 spiro atoms. The van der Waals surface area contributed by atoms with E-state index >= 15 is 0 Å². The summed E-state index contributed by atoms with van der Waals surface area (Å²) in [6, 6.07) is 0.664. The van der Waals surface area contributed by atoms with Gasteiger partial charge >= 0.3 is 18.4 Å². The van der Waals surface area contributed by atoms with Crippen LogP contribution < -0.4 is 5.32 Å². The predicted molar refractivity (Wildman–Crippen MR) is 102 cm³/mol. The number of amides is 1. The first kappa shape index (κ1) is 26.8. The molecule has 0 aliphatic heterocycles. The average molecular weight is 455 g/mol. The zero-order valence-electron chi connectivity index (χ0n) is 18.0. The summed E-state index contributed by atoms with van der Waals surface area (Å²) in [5.41, 5.74) is -4.01. The molecule has 31 heavy (non-hydrogen) atoms. The van der Waals surface area contributed by atoms with E-state index in [0.29, 0.717) is 12.1 Å². The molecule has 176 valence electrons. The molecule has 1 rings (SSSR count). The van der Waals surface area contributed by atoms with Gasteiger partial charge < -0.3 is 10.1 Å². The summed E-state index contributed by atoms with van der Waals surface area (Å²) in [6.45, 7) is 8.66. The van der Waals surface area contributed by atoms with Gasteiger partial charge in [-0.05, 0) is 56.9 Å². The Hall–Kier alpha value is -2.26. The minimum Gasteiger partial charge on any atom is -0.444 e. The fraction of sp³-hybridized carbons (Fsp3) is 0.619. The fourth-order valence-corrected chi connectivity index (χ4v) is 2.79. The zero-order valence-corrected chi connectivity index (χ0v) is 18.0. The van der Waals surface area contributed by atoms with Crippen LogP contribution in [0.4, 0.5) is 31.1 Å². The molecular formula is C21H27F6NO3. The smallest absolute Gasteiger partial charge is 0.416 e. The van der Waals surface area contributed by atoms with E-state index < -0.39 is 53.4 Å². The van der Waals surface area contributed by atoms with Crippen molar-refractivity contribution < 1.29 is 40.7 Å². The van der Waals surface area contributed by atoms with Gasteiger partial charge in [0.05, 0.1) is 11.1 Å². The van der Waals surface area contributed by atoms with Crippen molar-refractivity contribution in [1.82, 2.24) is 5.32 Å². The van der Waals surface area contributed by atoms with Crippen molar-refractivity contribution in [2.75, 3.05) is 0 Å². The van der Waals surface area contributed by atoms with Crippen LogP contribution in [0.15, 0.2) is 18.2 Å². The van der Waals surface area contributed by atoms with Crippen LogP contribution >= 0.6 is 0 Å². The lowest BCUT2D eigenvalue weighted by Gasteiger charge is -2.25. The lowest BCUT2D eigenvalue weighted by molar-refractivity contribution is -0.143. The van der Waals surface area contributed by atoms with E-state index in [4.69, 9.17) is 4.74 Å². The van der Waals surface area contributed by atoms with E-state index in [1.807, 2.05) is 0 Å². The van der Waals surface area contributed by atoms with E-state index in [9.17, 15) is 35.9 Å². The van der Waals surface area contributed by atoms with Crippen LogP contribution in [-0.4, -0.2) is 23.5 Å². The van der Waals surface area contributed by atoms with Gasteiger partial charge in [-0.2, -0.15) is 26.3 Å². The van der Waals surface area contributed by atoms with Gasteiger partial charge in [0.15, 0.2) is 0 Å². The normalized spacial score (nSPS) is 13.8. The first-order chi connectivity index (χ1) is 13.9. The van der Waals surface area contributed by atoms with Crippen LogP contribution in [-0.2, 0) is 28.3 Å². The molecule has 1 amide bonds. The molecule has 0 saturated carbocycles. The molecule has 0 fully saturated rings. The Morgan fingerprint density at radius 3 is 1.81 bits per heavy atom. The number of carbonyl (C=O) groups is 2. The van der Waals surface area contributed by atoms with Crippen LogP contribution in [0.25, 0.3) is 0 Å². The lowest BCUT2D eigenvalue weighted by atomic mass is 9.95. The van der Waals surface area contributed by atoms with Crippen molar-refractivity contribution in [3.8, 4) is 0 Å². The Bertz CT molecular complexity index is 747. The number of carbonyl (C=O) groups excluding carboxylic acids is 2. The third-order valence-electron chi connectivity index (χ3n) is 4.29. The second kappa shape index (κ2) is 9.91. The molecule has 0 heterocycles. The summed E-state index contributed by atoms with van der Waals surface area (Å²) in [7, 11) is 0. The average Bonchev–Trinajstić information content (AvgIpc) is 2.54. The maximum atomic E-state index is 13.0. The highest BCUT2D eigenvalue weighted by Gasteiger charge is 2.37. The summed E-state index contributed by atoms with van der Waals surface area (Å²) < 4.78 is 82.9. The van der Waals surface area contributed by atoms with E-state index in [1.165, 1.54) is 0 Å². The van der Waals surface area contributed by atoms with Crippen LogP contribution in [0.5, 0.6) is 0 Å². The molecule has 0 aromatic heterocycles. The van der Waals surface area contributed by atoms with Gasteiger partial charge in [0.25, 0.3) is 0 Å². The van der Waals surface area contributed by atoms with Crippen LogP contribution in [0.2, 0.25) is 0 Å². The van der Waals surface area contributed by atoms with Crippen LogP contribution in [0, 0.1) is 5.92 Å². The Morgan fingerprint density at radius 1 is 0.935 bits per heavy atom. The largest absolute Gasteiger partial charge is 0.444 e. The van der Waals surface area contributed by atoms with Crippen molar-refractivity contribution >= 4 is 11.9 Å². The third-order valence-corrected chi connectivity index (χ3v) is 4.29. The van der Waals surface area contributed by atoms with E-state index in [2.05, 4.69) is 5.32 Å². The zero-order chi connectivity index (χ0) is 24.2. The molecular weight excluding hydrogens is 428 g/mol. The monoisotopic (exact) mass is 455 g/mol. The summed E-state index contributed by atoms with van der Waals surface area (Å²) in [4.78, 5) is 24.2. The Labute approximate surface area is 177 Å². The molecule has 0 aliphatic carbocycles. The third kappa shape index (κ3) is 9.61. The minimum atomic E-state index is -4.97. The van der Waals surface area contributed by atoms with Gasteiger partial charge in [0, 0.05) is 18.9 Å². The second-order valence-corrected chi connectivity index (χ2v) is 8.66. The Morgan fingerprint density at radius 2 is 1.42 bits per heavy atom. The predicted octanol–water partition coefficient (Wildman–Crippen LogP) is 6.17. The highest BCUT2D eigenvalue weighted by Crippen LogP contribution is 2.36. The van der Waals surface area contributed by atoms with E-state index in [0.717, 1.165) is 0 Å². The summed E-state index contributed by atoms with van der Waals surface area (Å²) in [5.74, 6) is -0.616.